The molecule has 0 aromatic heterocycles. The predicted molar refractivity (Wildman–Crippen MR) is 104 cm³/mol. The topological polar surface area (TPSA) is 27.7 Å². The molecular formula is C23H38O3. The normalized spacial score (nSPS) is 48.7. The van der Waals surface area contributed by atoms with Crippen molar-refractivity contribution < 1.29 is 14.2 Å². The first kappa shape index (κ1) is 19.0. The first-order valence-corrected chi connectivity index (χ1v) is 10.8. The van der Waals surface area contributed by atoms with E-state index in [1.807, 2.05) is 7.11 Å². The van der Waals surface area contributed by atoms with Crippen LogP contribution in [0.3, 0.4) is 0 Å². The molecule has 4 rings (SSSR count). The van der Waals surface area contributed by atoms with Crippen molar-refractivity contribution in [3.63, 3.8) is 0 Å². The molecule has 4 aliphatic rings. The Morgan fingerprint density at radius 3 is 2.27 bits per heavy atom. The number of hydrogen-bond acceptors (Lipinski definition) is 3. The number of rotatable bonds is 3. The summed E-state index contributed by atoms with van der Waals surface area (Å²) in [5, 5.41) is 0. The van der Waals surface area contributed by atoms with E-state index in [9.17, 15) is 0 Å². The summed E-state index contributed by atoms with van der Waals surface area (Å²) in [4.78, 5) is 0. The number of methoxy groups -OCH3 is 3. The molecule has 4 aliphatic carbocycles. The molecule has 0 bridgehead atoms. The van der Waals surface area contributed by atoms with Gasteiger partial charge in [-0.1, -0.05) is 18.6 Å². The first-order chi connectivity index (χ1) is 12.5. The Hall–Kier alpha value is -0.380. The largest absolute Gasteiger partial charge is 0.381 e. The molecule has 26 heavy (non-hydrogen) atoms. The van der Waals surface area contributed by atoms with Gasteiger partial charge in [-0.25, -0.2) is 0 Å². The molecule has 0 N–H and O–H groups in total. The van der Waals surface area contributed by atoms with Gasteiger partial charge in [-0.15, -0.1) is 0 Å². The van der Waals surface area contributed by atoms with Gasteiger partial charge in [0.25, 0.3) is 0 Å². The molecule has 3 nitrogen and oxygen atoms in total. The third-order valence-electron chi connectivity index (χ3n) is 9.22. The molecule has 0 radical (unpaired) electrons. The van der Waals surface area contributed by atoms with Crippen molar-refractivity contribution in [3.05, 3.63) is 11.6 Å². The Morgan fingerprint density at radius 2 is 1.62 bits per heavy atom. The summed E-state index contributed by atoms with van der Waals surface area (Å²) >= 11 is 0. The van der Waals surface area contributed by atoms with Gasteiger partial charge in [-0.2, -0.15) is 0 Å². The van der Waals surface area contributed by atoms with Crippen molar-refractivity contribution in [2.24, 2.45) is 35.0 Å². The summed E-state index contributed by atoms with van der Waals surface area (Å²) in [7, 11) is 5.53. The second kappa shape index (κ2) is 6.90. The van der Waals surface area contributed by atoms with E-state index in [0.29, 0.717) is 17.4 Å². The van der Waals surface area contributed by atoms with E-state index in [1.165, 1.54) is 38.5 Å². The molecular weight excluding hydrogens is 324 g/mol. The molecule has 0 spiro atoms. The van der Waals surface area contributed by atoms with Gasteiger partial charge >= 0.3 is 0 Å². The smallest absolute Gasteiger partial charge is 0.167 e. The number of fused-ring (bicyclic) bond motifs is 5. The second-order valence-electron chi connectivity index (χ2n) is 9.64. The Morgan fingerprint density at radius 1 is 0.923 bits per heavy atom. The second-order valence-corrected chi connectivity index (χ2v) is 9.64. The van der Waals surface area contributed by atoms with E-state index >= 15 is 0 Å². The van der Waals surface area contributed by atoms with Crippen molar-refractivity contribution in [3.8, 4) is 0 Å². The van der Waals surface area contributed by atoms with Gasteiger partial charge in [0.15, 0.2) is 5.79 Å². The lowest BCUT2D eigenvalue weighted by molar-refractivity contribution is -0.258. The van der Waals surface area contributed by atoms with Gasteiger partial charge in [0.2, 0.25) is 0 Å². The van der Waals surface area contributed by atoms with Gasteiger partial charge < -0.3 is 14.2 Å². The third kappa shape index (κ3) is 2.64. The van der Waals surface area contributed by atoms with Crippen LogP contribution in [0.25, 0.3) is 0 Å². The quantitative estimate of drug-likeness (QED) is 0.510. The van der Waals surface area contributed by atoms with Gasteiger partial charge in [0.05, 0.1) is 6.10 Å². The molecule has 0 unspecified atom stereocenters. The van der Waals surface area contributed by atoms with Crippen LogP contribution in [0.2, 0.25) is 0 Å². The monoisotopic (exact) mass is 362 g/mol. The first-order valence-electron chi connectivity index (χ1n) is 10.8. The Kier molecular flexibility index (Phi) is 5.03. The van der Waals surface area contributed by atoms with Gasteiger partial charge in [-0.05, 0) is 80.5 Å². The third-order valence-corrected chi connectivity index (χ3v) is 9.22. The van der Waals surface area contributed by atoms with Crippen LogP contribution in [0, 0.1) is 35.0 Å². The number of allylic oxidation sites excluding steroid dienone is 2. The average Bonchev–Trinajstić information content (AvgIpc) is 3.03. The minimum Gasteiger partial charge on any atom is -0.381 e. The maximum absolute atomic E-state index is 6.10. The van der Waals surface area contributed by atoms with Crippen LogP contribution in [-0.2, 0) is 14.2 Å². The van der Waals surface area contributed by atoms with Crippen LogP contribution >= 0.6 is 0 Å². The molecule has 0 amide bonds. The highest BCUT2D eigenvalue weighted by atomic mass is 16.7. The lowest BCUT2D eigenvalue weighted by Gasteiger charge is -2.58. The van der Waals surface area contributed by atoms with Crippen molar-refractivity contribution in [2.75, 3.05) is 21.3 Å². The minimum atomic E-state index is -0.389. The van der Waals surface area contributed by atoms with Crippen molar-refractivity contribution >= 4 is 0 Å². The van der Waals surface area contributed by atoms with Crippen molar-refractivity contribution in [2.45, 2.75) is 77.1 Å². The summed E-state index contributed by atoms with van der Waals surface area (Å²) < 4.78 is 17.8. The maximum atomic E-state index is 6.10. The van der Waals surface area contributed by atoms with Crippen LogP contribution in [-0.4, -0.2) is 33.2 Å². The summed E-state index contributed by atoms with van der Waals surface area (Å²) in [6.07, 6.45) is 12.8. The van der Waals surface area contributed by atoms with Crippen LogP contribution in [0.1, 0.15) is 65.2 Å². The number of hydrogen-bond donors (Lipinski definition) is 0. The van der Waals surface area contributed by atoms with Crippen molar-refractivity contribution in [1.29, 1.82) is 0 Å². The summed E-state index contributed by atoms with van der Waals surface area (Å²) in [5.74, 6) is 3.57. The Bertz CT molecular complexity index is 552. The SMILES string of the molecule is CC=C1CC[C@H]2[C@@H]3C[C@@H](OC)[C@H]4CC(OC)(OC)CC[C@@H]4[C@H]3CC[C@]12C. The summed E-state index contributed by atoms with van der Waals surface area (Å²) in [6.45, 7) is 4.81. The standard InChI is InChI=1S/C23H38O3/c1-6-15-7-8-20-18-13-21(24-3)19-14-23(25-4,26-5)12-10-17(19)16(18)9-11-22(15,20)2/h6,16-21H,7-14H2,1-5H3/t16-,17-,18-,19+,20+,21-,22-/m1/s1. The lowest BCUT2D eigenvalue weighted by atomic mass is 9.49. The van der Waals surface area contributed by atoms with Crippen LogP contribution < -0.4 is 0 Å². The Balaban J connectivity index is 1.61. The highest BCUT2D eigenvalue weighted by Crippen LogP contribution is 2.64. The van der Waals surface area contributed by atoms with E-state index in [1.54, 1.807) is 19.8 Å². The molecule has 0 aliphatic heterocycles. The lowest BCUT2D eigenvalue weighted by Crippen LogP contribution is -2.55. The van der Waals surface area contributed by atoms with E-state index < -0.39 is 0 Å². The zero-order valence-electron chi connectivity index (χ0n) is 17.4. The average molecular weight is 363 g/mol. The molecule has 0 heterocycles. The summed E-state index contributed by atoms with van der Waals surface area (Å²) in [6, 6.07) is 0. The van der Waals surface area contributed by atoms with Gasteiger partial charge in [0.1, 0.15) is 0 Å². The highest BCUT2D eigenvalue weighted by molar-refractivity contribution is 5.23. The number of ether oxygens (including phenoxy) is 3. The van der Waals surface area contributed by atoms with E-state index in [0.717, 1.165) is 36.5 Å². The van der Waals surface area contributed by atoms with Gasteiger partial charge in [-0.3, -0.25) is 0 Å². The fourth-order valence-electron chi connectivity index (χ4n) is 7.83. The van der Waals surface area contributed by atoms with Crippen LogP contribution in [0.4, 0.5) is 0 Å². The zero-order valence-corrected chi connectivity index (χ0v) is 17.4. The van der Waals surface area contributed by atoms with Crippen molar-refractivity contribution in [1.82, 2.24) is 0 Å². The van der Waals surface area contributed by atoms with Crippen LogP contribution in [0.5, 0.6) is 0 Å². The van der Waals surface area contributed by atoms with E-state index in [4.69, 9.17) is 14.2 Å². The Labute approximate surface area is 159 Å². The molecule has 148 valence electrons. The highest BCUT2D eigenvalue weighted by Gasteiger charge is 2.58. The van der Waals surface area contributed by atoms with E-state index in [-0.39, 0.29) is 5.79 Å². The molecule has 7 atom stereocenters. The molecule has 4 saturated carbocycles. The molecule has 4 fully saturated rings. The molecule has 0 aromatic carbocycles. The van der Waals surface area contributed by atoms with Gasteiger partial charge in [0, 0.05) is 34.2 Å². The molecule has 3 heteroatoms. The fraction of sp³-hybridized carbons (Fsp3) is 0.913. The van der Waals surface area contributed by atoms with E-state index in [2.05, 4.69) is 19.9 Å². The zero-order chi connectivity index (χ0) is 18.5. The minimum absolute atomic E-state index is 0.364. The van der Waals surface area contributed by atoms with Crippen LogP contribution in [0.15, 0.2) is 11.6 Å². The fourth-order valence-corrected chi connectivity index (χ4v) is 7.83. The maximum Gasteiger partial charge on any atom is 0.167 e. The molecule has 0 aromatic rings. The summed E-state index contributed by atoms with van der Waals surface area (Å²) in [5.41, 5.74) is 2.19. The predicted octanol–water partition coefficient (Wildman–Crippen LogP) is 5.20. The molecule has 0 saturated heterocycles.